The molecule has 0 aliphatic rings. The zero-order valence-electron chi connectivity index (χ0n) is 9.14. The third-order valence-electron chi connectivity index (χ3n) is 2.87. The first-order chi connectivity index (χ1) is 7.33. The van der Waals surface area contributed by atoms with E-state index in [2.05, 4.69) is 0 Å². The Balaban J connectivity index is 3.08. The van der Waals surface area contributed by atoms with Gasteiger partial charge in [0, 0.05) is 5.41 Å². The van der Waals surface area contributed by atoms with Crippen LogP contribution in [0.15, 0.2) is 24.3 Å². The molecule has 4 heteroatoms. The van der Waals surface area contributed by atoms with Gasteiger partial charge in [-0.3, -0.25) is 0 Å². The standard InChI is InChI=1S/C12H13F3O/c1-3-11(2,8-16)9-4-6-10(7-5-9)12(13,14)15/h4-8H,3H2,1-2H3. The van der Waals surface area contributed by atoms with Crippen LogP contribution in [0.1, 0.15) is 31.4 Å². The van der Waals surface area contributed by atoms with E-state index in [4.69, 9.17) is 0 Å². The molecule has 0 spiro atoms. The number of halogens is 3. The van der Waals surface area contributed by atoms with Gasteiger partial charge in [-0.15, -0.1) is 0 Å². The van der Waals surface area contributed by atoms with Crippen LogP contribution in [0.4, 0.5) is 13.2 Å². The van der Waals surface area contributed by atoms with Gasteiger partial charge < -0.3 is 4.79 Å². The number of aldehydes is 1. The Morgan fingerprint density at radius 3 is 1.88 bits per heavy atom. The summed E-state index contributed by atoms with van der Waals surface area (Å²) in [5.41, 5.74) is -0.789. The van der Waals surface area contributed by atoms with Crippen molar-refractivity contribution in [1.82, 2.24) is 0 Å². The SMILES string of the molecule is CCC(C)(C=O)c1ccc(C(F)(F)F)cc1. The summed E-state index contributed by atoms with van der Waals surface area (Å²) in [7, 11) is 0. The van der Waals surface area contributed by atoms with E-state index in [9.17, 15) is 18.0 Å². The fourth-order valence-electron chi connectivity index (χ4n) is 1.40. The van der Waals surface area contributed by atoms with Crippen molar-refractivity contribution in [1.29, 1.82) is 0 Å². The van der Waals surface area contributed by atoms with Crippen molar-refractivity contribution in [2.24, 2.45) is 0 Å². The summed E-state index contributed by atoms with van der Waals surface area (Å²) >= 11 is 0. The minimum Gasteiger partial charge on any atom is -0.302 e. The molecule has 1 unspecified atom stereocenters. The number of benzene rings is 1. The van der Waals surface area contributed by atoms with Crippen LogP contribution < -0.4 is 0 Å². The molecule has 1 atom stereocenters. The largest absolute Gasteiger partial charge is 0.416 e. The van der Waals surface area contributed by atoms with Crippen molar-refractivity contribution in [3.8, 4) is 0 Å². The highest BCUT2D eigenvalue weighted by Gasteiger charge is 2.31. The molecule has 0 N–H and O–H groups in total. The molecule has 1 nitrogen and oxygen atoms in total. The molecule has 0 aliphatic heterocycles. The van der Waals surface area contributed by atoms with Crippen molar-refractivity contribution < 1.29 is 18.0 Å². The topological polar surface area (TPSA) is 17.1 Å². The van der Waals surface area contributed by atoms with E-state index >= 15 is 0 Å². The van der Waals surface area contributed by atoms with Crippen molar-refractivity contribution >= 4 is 6.29 Å². The van der Waals surface area contributed by atoms with E-state index < -0.39 is 17.2 Å². The molecular weight excluding hydrogens is 217 g/mol. The predicted octanol–water partition coefficient (Wildman–Crippen LogP) is 3.57. The van der Waals surface area contributed by atoms with Crippen LogP contribution in [0, 0.1) is 0 Å². The molecule has 1 aromatic rings. The summed E-state index contributed by atoms with van der Waals surface area (Å²) in [6.07, 6.45) is -3.00. The molecule has 1 aromatic carbocycles. The Labute approximate surface area is 92.3 Å². The van der Waals surface area contributed by atoms with Gasteiger partial charge in [0.1, 0.15) is 6.29 Å². The fourth-order valence-corrected chi connectivity index (χ4v) is 1.40. The molecule has 0 amide bonds. The second-order valence-electron chi connectivity index (χ2n) is 3.96. The third-order valence-corrected chi connectivity index (χ3v) is 2.87. The first kappa shape index (κ1) is 12.7. The third kappa shape index (κ3) is 2.43. The van der Waals surface area contributed by atoms with Gasteiger partial charge in [0.05, 0.1) is 5.56 Å². The van der Waals surface area contributed by atoms with E-state index in [1.807, 2.05) is 6.92 Å². The van der Waals surface area contributed by atoms with Crippen LogP contribution in [0.5, 0.6) is 0 Å². The molecule has 0 fully saturated rings. The minimum absolute atomic E-state index is 0.557. The second-order valence-corrected chi connectivity index (χ2v) is 3.96. The molecule has 0 aromatic heterocycles. The monoisotopic (exact) mass is 230 g/mol. The number of hydrogen-bond donors (Lipinski definition) is 0. The van der Waals surface area contributed by atoms with Crippen molar-refractivity contribution in [2.45, 2.75) is 31.9 Å². The summed E-state index contributed by atoms with van der Waals surface area (Å²) < 4.78 is 36.9. The Morgan fingerprint density at radius 2 is 1.56 bits per heavy atom. The maximum Gasteiger partial charge on any atom is 0.416 e. The van der Waals surface area contributed by atoms with Gasteiger partial charge in [-0.25, -0.2) is 0 Å². The molecule has 0 radical (unpaired) electrons. The maximum absolute atomic E-state index is 12.3. The van der Waals surface area contributed by atoms with Crippen LogP contribution in [0.3, 0.4) is 0 Å². The van der Waals surface area contributed by atoms with Crippen molar-refractivity contribution in [3.05, 3.63) is 35.4 Å². The highest BCUT2D eigenvalue weighted by molar-refractivity contribution is 5.67. The highest BCUT2D eigenvalue weighted by Crippen LogP contribution is 2.31. The number of hydrogen-bond acceptors (Lipinski definition) is 1. The molecule has 0 heterocycles. The van der Waals surface area contributed by atoms with E-state index in [1.165, 1.54) is 12.1 Å². The number of alkyl halides is 3. The summed E-state index contributed by atoms with van der Waals surface area (Å²) in [5.74, 6) is 0. The van der Waals surface area contributed by atoms with Crippen molar-refractivity contribution in [2.75, 3.05) is 0 Å². The molecule has 88 valence electrons. The van der Waals surface area contributed by atoms with Gasteiger partial charge in [-0.1, -0.05) is 19.1 Å². The lowest BCUT2D eigenvalue weighted by Crippen LogP contribution is -2.22. The van der Waals surface area contributed by atoms with Gasteiger partial charge in [0.15, 0.2) is 0 Å². The van der Waals surface area contributed by atoms with Crippen molar-refractivity contribution in [3.63, 3.8) is 0 Å². The Kier molecular flexibility index (Phi) is 3.41. The molecule has 0 aliphatic carbocycles. The summed E-state index contributed by atoms with van der Waals surface area (Å²) in [6.45, 7) is 3.54. The van der Waals surface area contributed by atoms with Gasteiger partial charge in [-0.2, -0.15) is 13.2 Å². The number of carbonyl (C=O) groups excluding carboxylic acids is 1. The lowest BCUT2D eigenvalue weighted by molar-refractivity contribution is -0.137. The lowest BCUT2D eigenvalue weighted by atomic mass is 9.81. The molecule has 16 heavy (non-hydrogen) atoms. The Morgan fingerprint density at radius 1 is 1.12 bits per heavy atom. The zero-order chi connectivity index (χ0) is 12.4. The number of carbonyl (C=O) groups is 1. The fraction of sp³-hybridized carbons (Fsp3) is 0.417. The van der Waals surface area contributed by atoms with Crippen LogP contribution in [0.2, 0.25) is 0 Å². The summed E-state index contributed by atoms with van der Waals surface area (Å²) in [4.78, 5) is 10.9. The Bertz CT molecular complexity index is 367. The van der Waals surface area contributed by atoms with Crippen LogP contribution >= 0.6 is 0 Å². The molecule has 0 saturated carbocycles. The Hall–Kier alpha value is -1.32. The molecule has 0 bridgehead atoms. The summed E-state index contributed by atoms with van der Waals surface area (Å²) in [6, 6.07) is 4.74. The van der Waals surface area contributed by atoms with Crippen LogP contribution in [-0.4, -0.2) is 6.29 Å². The molecule has 1 rings (SSSR count). The van der Waals surface area contributed by atoms with Crippen LogP contribution in [0.25, 0.3) is 0 Å². The number of rotatable bonds is 3. The van der Waals surface area contributed by atoms with Gasteiger partial charge in [0.25, 0.3) is 0 Å². The predicted molar refractivity (Wildman–Crippen MR) is 55.2 cm³/mol. The van der Waals surface area contributed by atoms with Gasteiger partial charge in [-0.05, 0) is 31.0 Å². The maximum atomic E-state index is 12.3. The minimum atomic E-state index is -4.33. The van der Waals surface area contributed by atoms with Gasteiger partial charge in [0.2, 0.25) is 0 Å². The molecular formula is C12H13F3O. The van der Waals surface area contributed by atoms with E-state index in [-0.39, 0.29) is 0 Å². The molecule has 0 saturated heterocycles. The summed E-state index contributed by atoms with van der Waals surface area (Å²) in [5, 5.41) is 0. The quantitative estimate of drug-likeness (QED) is 0.725. The lowest BCUT2D eigenvalue weighted by Gasteiger charge is -2.21. The van der Waals surface area contributed by atoms with E-state index in [0.717, 1.165) is 18.4 Å². The second kappa shape index (κ2) is 4.28. The zero-order valence-corrected chi connectivity index (χ0v) is 9.14. The first-order valence-electron chi connectivity index (χ1n) is 4.97. The highest BCUT2D eigenvalue weighted by atomic mass is 19.4. The van der Waals surface area contributed by atoms with E-state index in [1.54, 1.807) is 6.92 Å². The smallest absolute Gasteiger partial charge is 0.302 e. The first-order valence-corrected chi connectivity index (χ1v) is 4.97. The van der Waals surface area contributed by atoms with Crippen LogP contribution in [-0.2, 0) is 16.4 Å². The average Bonchev–Trinajstić information content (AvgIpc) is 2.27. The van der Waals surface area contributed by atoms with E-state index in [0.29, 0.717) is 12.0 Å². The normalized spacial score (nSPS) is 15.6. The van der Waals surface area contributed by atoms with Gasteiger partial charge >= 0.3 is 6.18 Å². The average molecular weight is 230 g/mol.